The second-order valence-corrected chi connectivity index (χ2v) is 3.71. The lowest BCUT2D eigenvalue weighted by molar-refractivity contribution is 0.150. The molecule has 0 bridgehead atoms. The third-order valence-electron chi connectivity index (χ3n) is 1.40. The van der Waals surface area contributed by atoms with Crippen LogP contribution < -0.4 is 0 Å². The van der Waals surface area contributed by atoms with Gasteiger partial charge in [-0.15, -0.1) is 11.6 Å². The van der Waals surface area contributed by atoms with Crippen molar-refractivity contribution in [3.8, 4) is 0 Å². The topological polar surface area (TPSA) is 12.9 Å². The third kappa shape index (κ3) is 2.51. The molecular formula is C7H4BrCl2F2N. The molecule has 0 atom stereocenters. The average Bonchev–Trinajstić information content (AvgIpc) is 2.01. The number of rotatable bonds is 2. The zero-order chi connectivity index (χ0) is 10.0. The summed E-state index contributed by atoms with van der Waals surface area (Å²) in [5.74, 6) is -0.0845. The first-order valence-electron chi connectivity index (χ1n) is 3.25. The van der Waals surface area contributed by atoms with Crippen LogP contribution in [0.4, 0.5) is 8.78 Å². The van der Waals surface area contributed by atoms with E-state index in [-0.39, 0.29) is 22.2 Å². The first-order chi connectivity index (χ1) is 6.06. The second-order valence-electron chi connectivity index (χ2n) is 2.22. The monoisotopic (exact) mass is 289 g/mol. The van der Waals surface area contributed by atoms with Crippen molar-refractivity contribution in [3.63, 3.8) is 0 Å². The first-order valence-corrected chi connectivity index (χ1v) is 4.95. The van der Waals surface area contributed by atoms with Crippen molar-refractivity contribution in [1.82, 2.24) is 4.98 Å². The summed E-state index contributed by atoms with van der Waals surface area (Å²) in [6.45, 7) is 0. The van der Waals surface area contributed by atoms with E-state index in [0.717, 1.165) is 0 Å². The predicted octanol–water partition coefficient (Wildman–Crippen LogP) is 4.17. The van der Waals surface area contributed by atoms with Crippen molar-refractivity contribution < 1.29 is 8.78 Å². The molecule has 1 heterocycles. The SMILES string of the molecule is FC(F)c1c(Cl)cc(Br)nc1CCl. The number of halogens is 5. The van der Waals surface area contributed by atoms with E-state index in [4.69, 9.17) is 23.2 Å². The van der Waals surface area contributed by atoms with E-state index in [1.807, 2.05) is 0 Å². The molecular weight excluding hydrogens is 287 g/mol. The number of pyridine rings is 1. The van der Waals surface area contributed by atoms with Gasteiger partial charge in [0, 0.05) is 0 Å². The van der Waals surface area contributed by atoms with E-state index >= 15 is 0 Å². The molecule has 0 fully saturated rings. The van der Waals surface area contributed by atoms with Gasteiger partial charge in [-0.25, -0.2) is 13.8 Å². The molecule has 13 heavy (non-hydrogen) atoms. The largest absolute Gasteiger partial charge is 0.267 e. The fourth-order valence-electron chi connectivity index (χ4n) is 0.874. The van der Waals surface area contributed by atoms with Gasteiger partial charge in [-0.2, -0.15) is 0 Å². The zero-order valence-electron chi connectivity index (χ0n) is 6.20. The highest BCUT2D eigenvalue weighted by atomic mass is 79.9. The Hall–Kier alpha value is 0.0700. The normalized spacial score (nSPS) is 10.9. The number of aromatic nitrogens is 1. The third-order valence-corrected chi connectivity index (χ3v) is 2.37. The lowest BCUT2D eigenvalue weighted by Gasteiger charge is -2.07. The minimum absolute atomic E-state index is 0.0208. The molecule has 1 rings (SSSR count). The lowest BCUT2D eigenvalue weighted by Crippen LogP contribution is -1.97. The summed E-state index contributed by atoms with van der Waals surface area (Å²) in [6, 6.07) is 1.32. The standard InChI is InChI=1S/C7H4BrCl2F2N/c8-5-1-3(10)6(7(11)12)4(2-9)13-5/h1,7H,2H2. The van der Waals surface area contributed by atoms with Crippen LogP contribution in [-0.2, 0) is 5.88 Å². The van der Waals surface area contributed by atoms with Crippen molar-refractivity contribution in [3.05, 3.63) is 26.9 Å². The molecule has 0 aliphatic carbocycles. The van der Waals surface area contributed by atoms with Crippen molar-refractivity contribution in [1.29, 1.82) is 0 Å². The number of hydrogen-bond donors (Lipinski definition) is 0. The predicted molar refractivity (Wildman–Crippen MR) is 51.5 cm³/mol. The van der Waals surface area contributed by atoms with Gasteiger partial charge in [0.15, 0.2) is 0 Å². The van der Waals surface area contributed by atoms with E-state index in [1.165, 1.54) is 6.07 Å². The molecule has 0 spiro atoms. The van der Waals surface area contributed by atoms with E-state index in [1.54, 1.807) is 0 Å². The van der Waals surface area contributed by atoms with Gasteiger partial charge in [0.05, 0.1) is 22.2 Å². The first kappa shape index (κ1) is 11.1. The maximum absolute atomic E-state index is 12.4. The quantitative estimate of drug-likeness (QED) is 0.588. The molecule has 0 aliphatic heterocycles. The maximum atomic E-state index is 12.4. The zero-order valence-corrected chi connectivity index (χ0v) is 9.30. The van der Waals surface area contributed by atoms with Crippen LogP contribution in [0, 0.1) is 0 Å². The Balaban J connectivity index is 3.30. The van der Waals surface area contributed by atoms with Crippen LogP contribution >= 0.6 is 39.1 Å². The molecule has 0 unspecified atom stereocenters. The highest BCUT2D eigenvalue weighted by Gasteiger charge is 2.18. The lowest BCUT2D eigenvalue weighted by atomic mass is 10.2. The van der Waals surface area contributed by atoms with Gasteiger partial charge in [0.1, 0.15) is 4.60 Å². The van der Waals surface area contributed by atoms with Crippen molar-refractivity contribution in [2.75, 3.05) is 0 Å². The van der Waals surface area contributed by atoms with Gasteiger partial charge in [-0.05, 0) is 22.0 Å². The fraction of sp³-hybridized carbons (Fsp3) is 0.286. The van der Waals surface area contributed by atoms with Crippen molar-refractivity contribution in [2.24, 2.45) is 0 Å². The summed E-state index contributed by atoms with van der Waals surface area (Å²) in [5.41, 5.74) is -0.184. The molecule has 1 aromatic heterocycles. The Morgan fingerprint density at radius 2 is 2.15 bits per heavy atom. The average molecular weight is 291 g/mol. The number of alkyl halides is 3. The summed E-state index contributed by atoms with van der Waals surface area (Å²) < 4.78 is 25.2. The van der Waals surface area contributed by atoms with Crippen LogP contribution in [0.1, 0.15) is 17.7 Å². The molecule has 0 radical (unpaired) electrons. The van der Waals surface area contributed by atoms with Crippen molar-refractivity contribution >= 4 is 39.1 Å². The summed E-state index contributed by atoms with van der Waals surface area (Å²) in [4.78, 5) is 3.79. The van der Waals surface area contributed by atoms with Gasteiger partial charge in [0.25, 0.3) is 6.43 Å². The molecule has 1 nitrogen and oxygen atoms in total. The fourth-order valence-corrected chi connectivity index (χ4v) is 1.95. The molecule has 0 saturated heterocycles. The van der Waals surface area contributed by atoms with E-state index < -0.39 is 6.43 Å². The highest BCUT2D eigenvalue weighted by Crippen LogP contribution is 2.31. The van der Waals surface area contributed by atoms with Crippen LogP contribution in [0.2, 0.25) is 5.02 Å². The van der Waals surface area contributed by atoms with E-state index in [9.17, 15) is 8.78 Å². The molecule has 0 amide bonds. The molecule has 0 aromatic carbocycles. The van der Waals surface area contributed by atoms with Gasteiger partial charge in [-0.1, -0.05) is 11.6 Å². The minimum atomic E-state index is -2.65. The Morgan fingerprint density at radius 3 is 2.62 bits per heavy atom. The van der Waals surface area contributed by atoms with Crippen LogP contribution in [0.3, 0.4) is 0 Å². The van der Waals surface area contributed by atoms with E-state index in [0.29, 0.717) is 4.60 Å². The summed E-state index contributed by atoms with van der Waals surface area (Å²) in [5, 5.41) is -0.0208. The molecule has 0 aliphatic rings. The van der Waals surface area contributed by atoms with E-state index in [2.05, 4.69) is 20.9 Å². The van der Waals surface area contributed by atoms with Gasteiger partial charge in [0.2, 0.25) is 0 Å². The molecule has 1 aromatic rings. The highest BCUT2D eigenvalue weighted by molar-refractivity contribution is 9.10. The van der Waals surface area contributed by atoms with Gasteiger partial charge < -0.3 is 0 Å². The van der Waals surface area contributed by atoms with Crippen molar-refractivity contribution in [2.45, 2.75) is 12.3 Å². The maximum Gasteiger partial charge on any atom is 0.267 e. The second kappa shape index (κ2) is 4.53. The number of nitrogens with zero attached hydrogens (tertiary/aromatic N) is 1. The minimum Gasteiger partial charge on any atom is -0.244 e. The molecule has 6 heteroatoms. The molecule has 0 saturated carbocycles. The Labute approximate surface area is 92.2 Å². The smallest absolute Gasteiger partial charge is 0.244 e. The molecule has 72 valence electrons. The molecule has 0 N–H and O–H groups in total. The van der Waals surface area contributed by atoms with Crippen LogP contribution in [0.15, 0.2) is 10.7 Å². The Bertz CT molecular complexity index is 320. The summed E-state index contributed by atoms with van der Waals surface area (Å²) in [7, 11) is 0. The Morgan fingerprint density at radius 1 is 1.54 bits per heavy atom. The van der Waals surface area contributed by atoms with Gasteiger partial charge in [-0.3, -0.25) is 0 Å². The number of hydrogen-bond acceptors (Lipinski definition) is 1. The Kier molecular flexibility index (Phi) is 3.88. The van der Waals surface area contributed by atoms with Crippen LogP contribution in [0.25, 0.3) is 0 Å². The van der Waals surface area contributed by atoms with Crippen LogP contribution in [0.5, 0.6) is 0 Å². The summed E-state index contributed by atoms with van der Waals surface area (Å²) >= 11 is 14.1. The van der Waals surface area contributed by atoms with Crippen LogP contribution in [-0.4, -0.2) is 4.98 Å². The summed E-state index contributed by atoms with van der Waals surface area (Å²) in [6.07, 6.45) is -2.65. The van der Waals surface area contributed by atoms with Gasteiger partial charge >= 0.3 is 0 Å².